The number of hydrogen-bond donors (Lipinski definition) is 1. The highest BCUT2D eigenvalue weighted by Crippen LogP contribution is 2.64. The zero-order valence-corrected chi connectivity index (χ0v) is 31.2. The van der Waals surface area contributed by atoms with E-state index in [-0.39, 0.29) is 42.3 Å². The third kappa shape index (κ3) is 4.77. The van der Waals surface area contributed by atoms with Crippen LogP contribution in [0.4, 0.5) is 5.82 Å². The van der Waals surface area contributed by atoms with E-state index in [1.807, 2.05) is 80.6 Å². The first kappa shape index (κ1) is 33.8. The number of nitrogens with zero attached hydrogens (tertiary/aromatic N) is 4. The van der Waals surface area contributed by atoms with Crippen LogP contribution in [0.1, 0.15) is 47.9 Å². The summed E-state index contributed by atoms with van der Waals surface area (Å²) in [5, 5.41) is 18.0. The van der Waals surface area contributed by atoms with Gasteiger partial charge in [-0.3, -0.25) is 28.8 Å². The summed E-state index contributed by atoms with van der Waals surface area (Å²) >= 11 is 7.89. The Bertz CT molecular complexity index is 2450. The molecule has 9 nitrogen and oxygen atoms in total. The zero-order chi connectivity index (χ0) is 37.1. The van der Waals surface area contributed by atoms with Crippen molar-refractivity contribution >= 4 is 62.5 Å². The van der Waals surface area contributed by atoms with Gasteiger partial charge in [0.15, 0.2) is 0 Å². The molecule has 2 saturated heterocycles. The number of para-hydroxylation sites is 1. The van der Waals surface area contributed by atoms with E-state index in [4.69, 9.17) is 16.7 Å². The van der Waals surface area contributed by atoms with Crippen molar-refractivity contribution in [1.29, 1.82) is 0 Å². The number of aryl methyl sites for hydroxylation is 3. The maximum atomic E-state index is 15.1. The number of aromatic nitrogens is 2. The van der Waals surface area contributed by atoms with Crippen molar-refractivity contribution in [2.75, 3.05) is 4.90 Å². The van der Waals surface area contributed by atoms with Crippen LogP contribution < -0.4 is 4.90 Å². The standard InChI is InChI=1S/C42H37ClN4O5S/c1-21-9-8-12-27(36(21)48)35-25-14-15-26-34(40(51)46(38(26)49)20-23-10-6-5-7-11-23)29(25)18-30-39(50)47(41(52)42(30,35)3)33-19-31(44-45(33)4)37-22(2)28-17-24(43)13-16-32(28)53-37/h5-14,16-17,19,26,29-30,34-35,48H,15,18,20H2,1-4H3. The lowest BCUT2D eigenvalue weighted by molar-refractivity contribution is -0.141. The summed E-state index contributed by atoms with van der Waals surface area (Å²) in [6.07, 6.45) is 2.58. The number of amides is 4. The molecule has 1 N–H and O–H groups in total. The number of fused-ring (bicyclic) bond motifs is 5. The molecule has 268 valence electrons. The number of likely N-dealkylation sites (tertiary alicyclic amines) is 1. The molecule has 4 amide bonds. The summed E-state index contributed by atoms with van der Waals surface area (Å²) in [6, 6.07) is 22.5. The highest BCUT2D eigenvalue weighted by atomic mass is 35.5. The van der Waals surface area contributed by atoms with Crippen LogP contribution >= 0.6 is 22.9 Å². The Labute approximate surface area is 315 Å². The average Bonchev–Trinajstić information content (AvgIpc) is 3.81. The monoisotopic (exact) mass is 744 g/mol. The van der Waals surface area contributed by atoms with E-state index in [0.717, 1.165) is 31.7 Å². The van der Waals surface area contributed by atoms with Crippen LogP contribution in [-0.4, -0.2) is 43.4 Å². The minimum atomic E-state index is -1.29. The lowest BCUT2D eigenvalue weighted by Crippen LogP contribution is -2.49. The van der Waals surface area contributed by atoms with E-state index in [0.29, 0.717) is 34.1 Å². The van der Waals surface area contributed by atoms with Crippen LogP contribution in [0.25, 0.3) is 20.7 Å². The molecular formula is C42H37ClN4O5S. The number of imide groups is 2. The predicted octanol–water partition coefficient (Wildman–Crippen LogP) is 7.71. The maximum Gasteiger partial charge on any atom is 0.242 e. The van der Waals surface area contributed by atoms with Crippen LogP contribution in [0.15, 0.2) is 84.4 Å². The van der Waals surface area contributed by atoms with Crippen molar-refractivity contribution in [3.05, 3.63) is 112 Å². The number of carbonyl (C=O) groups is 4. The molecule has 0 spiro atoms. The number of halogens is 1. The van der Waals surface area contributed by atoms with E-state index in [9.17, 15) is 19.5 Å². The van der Waals surface area contributed by atoms with Gasteiger partial charge >= 0.3 is 0 Å². The fourth-order valence-corrected chi connectivity index (χ4v) is 11.0. The number of hydrogen-bond acceptors (Lipinski definition) is 7. The molecule has 2 aromatic heterocycles. The van der Waals surface area contributed by atoms with Crippen LogP contribution in [0, 0.1) is 42.9 Å². The number of allylic oxidation sites excluding steroid dienone is 2. The molecule has 3 fully saturated rings. The average molecular weight is 745 g/mol. The summed E-state index contributed by atoms with van der Waals surface area (Å²) in [4.78, 5) is 61.7. The van der Waals surface area contributed by atoms with Crippen LogP contribution in [0.2, 0.25) is 5.02 Å². The van der Waals surface area contributed by atoms with Gasteiger partial charge in [0.05, 0.1) is 34.6 Å². The molecule has 2 aliphatic carbocycles. The molecule has 4 aliphatic rings. The number of benzene rings is 3. The highest BCUT2D eigenvalue weighted by molar-refractivity contribution is 7.22. The van der Waals surface area contributed by atoms with Crippen molar-refractivity contribution in [2.45, 2.75) is 46.1 Å². The lowest BCUT2D eigenvalue weighted by atomic mass is 9.51. The second kappa shape index (κ2) is 12.0. The number of carbonyl (C=O) groups excluding carboxylic acids is 4. The quantitative estimate of drug-likeness (QED) is 0.146. The third-order valence-electron chi connectivity index (χ3n) is 12.3. The van der Waals surface area contributed by atoms with Crippen molar-refractivity contribution in [3.63, 3.8) is 0 Å². The molecule has 4 heterocycles. The Morgan fingerprint density at radius 2 is 1.72 bits per heavy atom. The van der Waals surface area contributed by atoms with Crippen molar-refractivity contribution < 1.29 is 24.3 Å². The summed E-state index contributed by atoms with van der Waals surface area (Å²) < 4.78 is 2.63. The first-order chi connectivity index (χ1) is 25.4. The Balaban J connectivity index is 1.14. The van der Waals surface area contributed by atoms with E-state index < -0.39 is 35.0 Å². The number of thiophene rings is 1. The maximum absolute atomic E-state index is 15.1. The van der Waals surface area contributed by atoms with E-state index in [2.05, 4.69) is 0 Å². The summed E-state index contributed by atoms with van der Waals surface area (Å²) in [5.74, 6) is -4.03. The Hall–Kier alpha value is -5.06. The normalized spacial score (nSPS) is 26.7. The summed E-state index contributed by atoms with van der Waals surface area (Å²) in [7, 11) is 1.73. The number of rotatable bonds is 5. The van der Waals surface area contributed by atoms with Gasteiger partial charge in [-0.25, -0.2) is 4.90 Å². The fraction of sp³-hybridized carbons (Fsp3) is 0.310. The summed E-state index contributed by atoms with van der Waals surface area (Å²) in [6.45, 7) is 5.82. The van der Waals surface area contributed by atoms with Gasteiger partial charge in [0.2, 0.25) is 23.6 Å². The molecule has 0 bridgehead atoms. The first-order valence-corrected chi connectivity index (χ1v) is 19.1. The third-order valence-corrected chi connectivity index (χ3v) is 13.9. The molecule has 0 radical (unpaired) electrons. The molecule has 3 aromatic carbocycles. The zero-order valence-electron chi connectivity index (χ0n) is 29.7. The lowest BCUT2D eigenvalue weighted by Gasteiger charge is -2.49. The Morgan fingerprint density at radius 1 is 0.943 bits per heavy atom. The molecule has 5 aromatic rings. The smallest absolute Gasteiger partial charge is 0.242 e. The first-order valence-electron chi connectivity index (χ1n) is 17.9. The van der Waals surface area contributed by atoms with Gasteiger partial charge in [-0.05, 0) is 79.8 Å². The Kier molecular flexibility index (Phi) is 7.63. The largest absolute Gasteiger partial charge is 0.507 e. The topological polar surface area (TPSA) is 113 Å². The van der Waals surface area contributed by atoms with E-state index in [1.165, 1.54) is 9.80 Å². The molecule has 1 saturated carbocycles. The predicted molar refractivity (Wildman–Crippen MR) is 203 cm³/mol. The number of phenols is 1. The fourth-order valence-electron chi connectivity index (χ4n) is 9.69. The summed E-state index contributed by atoms with van der Waals surface area (Å²) in [5.41, 5.74) is 3.23. The van der Waals surface area contributed by atoms with Gasteiger partial charge in [-0.2, -0.15) is 5.10 Å². The van der Waals surface area contributed by atoms with E-state index >= 15 is 4.79 Å². The Morgan fingerprint density at radius 3 is 2.49 bits per heavy atom. The van der Waals surface area contributed by atoms with Gasteiger partial charge in [-0.1, -0.05) is 71.8 Å². The number of phenolic OH excluding ortho intramolecular Hbond substituents is 1. The van der Waals surface area contributed by atoms with Crippen LogP contribution in [0.3, 0.4) is 0 Å². The number of aromatic hydroxyl groups is 1. The number of anilines is 1. The molecule has 11 heteroatoms. The minimum absolute atomic E-state index is 0.0579. The highest BCUT2D eigenvalue weighted by Gasteiger charge is 2.68. The van der Waals surface area contributed by atoms with Crippen LogP contribution in [0.5, 0.6) is 5.75 Å². The SMILES string of the molecule is Cc1cccc(C2C3=CCC4C(=O)N(Cc5ccccc5)C(=O)C4C3CC3C(=O)N(c4cc(-c5sc6ccc(Cl)cc6c5C)nn4C)C(=O)C32C)c1O. The molecule has 9 rings (SSSR count). The van der Waals surface area contributed by atoms with Gasteiger partial charge in [0, 0.05) is 34.3 Å². The van der Waals surface area contributed by atoms with Gasteiger partial charge in [-0.15, -0.1) is 11.3 Å². The minimum Gasteiger partial charge on any atom is -0.507 e. The second-order valence-corrected chi connectivity index (χ2v) is 16.6. The van der Waals surface area contributed by atoms with Gasteiger partial charge < -0.3 is 5.11 Å². The van der Waals surface area contributed by atoms with Crippen LogP contribution in [-0.2, 0) is 32.8 Å². The molecular weight excluding hydrogens is 708 g/mol. The second-order valence-electron chi connectivity index (χ2n) is 15.1. The molecule has 6 atom stereocenters. The van der Waals surface area contributed by atoms with Crippen molar-refractivity contribution in [2.24, 2.45) is 36.1 Å². The molecule has 6 unspecified atom stereocenters. The van der Waals surface area contributed by atoms with Gasteiger partial charge in [0.25, 0.3) is 0 Å². The van der Waals surface area contributed by atoms with E-state index in [1.54, 1.807) is 42.1 Å². The van der Waals surface area contributed by atoms with Crippen molar-refractivity contribution in [1.82, 2.24) is 14.7 Å². The van der Waals surface area contributed by atoms with Crippen molar-refractivity contribution in [3.8, 4) is 16.3 Å². The van der Waals surface area contributed by atoms with Gasteiger partial charge in [0.1, 0.15) is 17.3 Å². The molecule has 2 aliphatic heterocycles. The molecule has 53 heavy (non-hydrogen) atoms.